The number of aromatic amines is 1. The molecule has 0 radical (unpaired) electrons. The molecule has 37 heavy (non-hydrogen) atoms. The number of nitrogens with zero attached hydrogens (tertiary/aromatic N) is 4. The average Bonchev–Trinajstić information content (AvgIpc) is 3.38. The highest BCUT2D eigenvalue weighted by Crippen LogP contribution is 2.34. The number of likely N-dealkylation sites (tertiary alicyclic amines) is 1. The van der Waals surface area contributed by atoms with Gasteiger partial charge in [-0.1, -0.05) is 0 Å². The number of pyridine rings is 1. The molecule has 9 heteroatoms. The first-order valence-corrected chi connectivity index (χ1v) is 12.5. The summed E-state index contributed by atoms with van der Waals surface area (Å²) in [6, 6.07) is 7.32. The number of anilines is 1. The lowest BCUT2D eigenvalue weighted by atomic mass is 9.92. The van der Waals surface area contributed by atoms with Gasteiger partial charge in [-0.3, -0.25) is 23.9 Å². The van der Waals surface area contributed by atoms with Crippen molar-refractivity contribution in [2.45, 2.75) is 38.6 Å². The minimum atomic E-state index is -0.216. The molecule has 0 spiro atoms. The second-order valence-electron chi connectivity index (χ2n) is 10.0. The number of benzene rings is 1. The molecular weight excluding hydrogens is 470 g/mol. The van der Waals surface area contributed by atoms with Gasteiger partial charge in [0.15, 0.2) is 17.2 Å². The fraction of sp³-hybridized carbons (Fsp3) is 0.321. The third-order valence-corrected chi connectivity index (χ3v) is 7.67. The molecule has 1 amide bonds. The number of fused-ring (bicyclic) bond motifs is 2. The number of Topliss-reactive ketones (excluding diaryl/α,β-unsaturated/α-hetero) is 1. The van der Waals surface area contributed by atoms with E-state index in [-0.39, 0.29) is 42.0 Å². The van der Waals surface area contributed by atoms with E-state index in [1.54, 1.807) is 34.8 Å². The fourth-order valence-corrected chi connectivity index (χ4v) is 5.91. The Balaban J connectivity index is 1.22. The van der Waals surface area contributed by atoms with Crippen LogP contribution in [0.1, 0.15) is 46.8 Å². The van der Waals surface area contributed by atoms with Crippen molar-refractivity contribution in [2.75, 3.05) is 25.0 Å². The molecule has 0 bridgehead atoms. The Morgan fingerprint density at radius 2 is 1.86 bits per heavy atom. The quantitative estimate of drug-likeness (QED) is 0.556. The summed E-state index contributed by atoms with van der Waals surface area (Å²) in [5.74, 6) is -0.313. The Bertz CT molecular complexity index is 1600. The van der Waals surface area contributed by atoms with E-state index in [9.17, 15) is 19.2 Å². The number of hydrogen-bond acceptors (Lipinski definition) is 6. The number of aryl methyl sites for hydroxylation is 1. The number of aromatic nitrogens is 3. The molecule has 6 rings (SSSR count). The van der Waals surface area contributed by atoms with E-state index in [0.717, 1.165) is 40.9 Å². The van der Waals surface area contributed by atoms with Gasteiger partial charge in [0, 0.05) is 54.9 Å². The van der Waals surface area contributed by atoms with Crippen LogP contribution in [0.2, 0.25) is 0 Å². The van der Waals surface area contributed by atoms with Crippen molar-refractivity contribution in [1.82, 2.24) is 19.4 Å². The summed E-state index contributed by atoms with van der Waals surface area (Å²) in [4.78, 5) is 61.6. The fourth-order valence-electron chi connectivity index (χ4n) is 5.91. The summed E-state index contributed by atoms with van der Waals surface area (Å²) in [5.41, 5.74) is 5.47. The molecule has 9 nitrogen and oxygen atoms in total. The standard InChI is InChI=1S/C28H27N5O4/c1-16-10-18(11-17-14-24(35)31(2)25(16)17)26(36)19-12-21(15-22(34)13-19)32-8-5-20(6-9-32)33-23-4-3-7-29-27(23)30-28(33)37/h3-4,7,10-13,20H,5-6,8-9,14-15H2,1-2H3,(H,29,30,37). The smallest absolute Gasteiger partial charge is 0.327 e. The zero-order valence-electron chi connectivity index (χ0n) is 20.8. The van der Waals surface area contributed by atoms with E-state index < -0.39 is 0 Å². The zero-order valence-corrected chi connectivity index (χ0v) is 20.8. The Kier molecular flexibility index (Phi) is 5.43. The lowest BCUT2D eigenvalue weighted by Crippen LogP contribution is -2.37. The molecule has 0 atom stereocenters. The van der Waals surface area contributed by atoms with E-state index in [2.05, 4.69) is 14.9 Å². The lowest BCUT2D eigenvalue weighted by molar-refractivity contribution is -0.117. The van der Waals surface area contributed by atoms with Gasteiger partial charge in [-0.2, -0.15) is 0 Å². The summed E-state index contributed by atoms with van der Waals surface area (Å²) in [7, 11) is 1.75. The molecule has 1 fully saturated rings. The summed E-state index contributed by atoms with van der Waals surface area (Å²) >= 11 is 0. The topological polar surface area (TPSA) is 108 Å². The maximum absolute atomic E-state index is 13.4. The molecule has 1 aromatic carbocycles. The summed E-state index contributed by atoms with van der Waals surface area (Å²) in [6.07, 6.45) is 6.92. The molecule has 0 unspecified atom stereocenters. The number of H-pyrrole nitrogens is 1. The van der Waals surface area contributed by atoms with Crippen LogP contribution in [0.4, 0.5) is 5.69 Å². The minimum Gasteiger partial charge on any atom is -0.374 e. The number of nitrogens with one attached hydrogen (secondary N) is 1. The average molecular weight is 498 g/mol. The SMILES string of the molecule is Cc1cc(C(=O)C2=CC(=O)CC(N3CCC(n4c(=O)[nH]c5ncccc54)CC3)=C2)cc2c1N(C)C(=O)C2. The number of rotatable bonds is 4. The summed E-state index contributed by atoms with van der Waals surface area (Å²) in [5, 5.41) is 0. The lowest BCUT2D eigenvalue weighted by Gasteiger charge is -2.36. The second-order valence-corrected chi connectivity index (χ2v) is 10.0. The predicted molar refractivity (Wildman–Crippen MR) is 139 cm³/mol. The van der Waals surface area contributed by atoms with Crippen LogP contribution >= 0.6 is 0 Å². The number of amides is 1. The number of carbonyl (C=O) groups excluding carboxylic acids is 3. The van der Waals surface area contributed by atoms with Crippen LogP contribution in [0.25, 0.3) is 11.2 Å². The van der Waals surface area contributed by atoms with Crippen LogP contribution < -0.4 is 10.6 Å². The van der Waals surface area contributed by atoms with E-state index >= 15 is 0 Å². The van der Waals surface area contributed by atoms with Gasteiger partial charge >= 0.3 is 5.69 Å². The highest BCUT2D eigenvalue weighted by atomic mass is 16.2. The Hall–Kier alpha value is -4.27. The molecule has 3 aliphatic rings. The van der Waals surface area contributed by atoms with Crippen LogP contribution in [0.3, 0.4) is 0 Å². The first-order valence-electron chi connectivity index (χ1n) is 12.5. The van der Waals surface area contributed by atoms with E-state index in [4.69, 9.17) is 0 Å². The Morgan fingerprint density at radius 3 is 2.65 bits per heavy atom. The van der Waals surface area contributed by atoms with Crippen molar-refractivity contribution in [2.24, 2.45) is 0 Å². The zero-order chi connectivity index (χ0) is 25.8. The third kappa shape index (κ3) is 3.91. The first kappa shape index (κ1) is 23.1. The first-order chi connectivity index (χ1) is 17.8. The van der Waals surface area contributed by atoms with Crippen LogP contribution in [0, 0.1) is 6.92 Å². The van der Waals surface area contributed by atoms with Gasteiger partial charge in [-0.05, 0) is 67.3 Å². The summed E-state index contributed by atoms with van der Waals surface area (Å²) < 4.78 is 1.79. The van der Waals surface area contributed by atoms with Gasteiger partial charge in [0.05, 0.1) is 18.4 Å². The number of imidazole rings is 1. The van der Waals surface area contributed by atoms with Crippen molar-refractivity contribution in [3.63, 3.8) is 0 Å². The number of allylic oxidation sites excluding steroid dienone is 4. The molecular formula is C28H27N5O4. The second kappa shape index (κ2) is 8.69. The molecule has 4 heterocycles. The van der Waals surface area contributed by atoms with Gasteiger partial charge in [0.1, 0.15) is 0 Å². The Labute approximate surface area is 213 Å². The largest absolute Gasteiger partial charge is 0.374 e. The van der Waals surface area contributed by atoms with Crippen LogP contribution in [-0.2, 0) is 16.0 Å². The van der Waals surface area contributed by atoms with Gasteiger partial charge in [-0.15, -0.1) is 0 Å². The highest BCUT2D eigenvalue weighted by molar-refractivity contribution is 6.16. The molecule has 1 saturated heterocycles. The molecule has 1 N–H and O–H groups in total. The van der Waals surface area contributed by atoms with E-state index in [0.29, 0.717) is 29.9 Å². The minimum absolute atomic E-state index is 0.00602. The predicted octanol–water partition coefficient (Wildman–Crippen LogP) is 2.85. The number of piperidine rings is 1. The third-order valence-electron chi connectivity index (χ3n) is 7.67. The normalized spacial score (nSPS) is 18.3. The van der Waals surface area contributed by atoms with E-state index in [1.807, 2.05) is 25.1 Å². The molecule has 1 aliphatic carbocycles. The number of hydrogen-bond donors (Lipinski definition) is 1. The van der Waals surface area contributed by atoms with Gasteiger partial charge in [0.25, 0.3) is 0 Å². The van der Waals surface area contributed by atoms with Gasteiger partial charge in [0.2, 0.25) is 5.91 Å². The van der Waals surface area contributed by atoms with Gasteiger partial charge in [-0.25, -0.2) is 9.78 Å². The van der Waals surface area contributed by atoms with E-state index in [1.165, 1.54) is 6.08 Å². The number of likely N-dealkylation sites (N-methyl/N-ethyl adjacent to an activating group) is 1. The molecule has 2 aliphatic heterocycles. The number of ketones is 2. The van der Waals surface area contributed by atoms with Crippen molar-refractivity contribution >= 4 is 34.3 Å². The maximum Gasteiger partial charge on any atom is 0.327 e. The number of carbonyl (C=O) groups is 3. The Morgan fingerprint density at radius 1 is 1.08 bits per heavy atom. The van der Waals surface area contributed by atoms with Crippen LogP contribution in [0.5, 0.6) is 0 Å². The molecule has 188 valence electrons. The van der Waals surface area contributed by atoms with Crippen LogP contribution in [0.15, 0.2) is 58.7 Å². The molecule has 2 aromatic heterocycles. The van der Waals surface area contributed by atoms with Crippen LogP contribution in [-0.4, -0.2) is 57.0 Å². The monoisotopic (exact) mass is 497 g/mol. The highest BCUT2D eigenvalue weighted by Gasteiger charge is 2.30. The van der Waals surface area contributed by atoms with Crippen molar-refractivity contribution in [1.29, 1.82) is 0 Å². The van der Waals surface area contributed by atoms with Crippen molar-refractivity contribution < 1.29 is 14.4 Å². The van der Waals surface area contributed by atoms with Crippen molar-refractivity contribution in [3.05, 3.63) is 81.1 Å². The molecule has 0 saturated carbocycles. The van der Waals surface area contributed by atoms with Gasteiger partial charge < -0.3 is 9.80 Å². The summed E-state index contributed by atoms with van der Waals surface area (Å²) in [6.45, 7) is 3.25. The molecule has 3 aromatic rings. The maximum atomic E-state index is 13.4. The van der Waals surface area contributed by atoms with Crippen molar-refractivity contribution in [3.8, 4) is 0 Å².